The van der Waals surface area contributed by atoms with Crippen LogP contribution in [0.15, 0.2) is 24.3 Å². The lowest BCUT2D eigenvalue weighted by atomic mass is 9.94. The van der Waals surface area contributed by atoms with Gasteiger partial charge in [-0.15, -0.1) is 0 Å². The van der Waals surface area contributed by atoms with Gasteiger partial charge in [-0.25, -0.2) is 0 Å². The van der Waals surface area contributed by atoms with Gasteiger partial charge in [-0.05, 0) is 12.1 Å². The van der Waals surface area contributed by atoms with Gasteiger partial charge in [-0.1, -0.05) is 0 Å². The lowest BCUT2D eigenvalue weighted by Gasteiger charge is -2.48. The third-order valence-electron chi connectivity index (χ3n) is 4.37. The normalized spacial score (nSPS) is 26.0. The van der Waals surface area contributed by atoms with E-state index in [0.29, 0.717) is 0 Å². The molecule has 1 aliphatic rings. The van der Waals surface area contributed by atoms with Crippen LogP contribution in [0.4, 0.5) is 5.69 Å². The Bertz CT molecular complexity index is 946. The summed E-state index contributed by atoms with van der Waals surface area (Å²) in [5.41, 5.74) is -0.233. The summed E-state index contributed by atoms with van der Waals surface area (Å²) in [6.07, 6.45) is -6.84. The van der Waals surface area contributed by atoms with Crippen LogP contribution in [-0.2, 0) is 42.9 Å². The summed E-state index contributed by atoms with van der Waals surface area (Å²) in [6.45, 7) is 3.35. The maximum atomic E-state index is 11.8. The van der Waals surface area contributed by atoms with Crippen LogP contribution in [-0.4, -0.2) is 70.9 Å². The fourth-order valence-corrected chi connectivity index (χ4v) is 3.12. The Morgan fingerprint density at radius 3 is 2.06 bits per heavy atom. The number of carbonyl (C=O) groups is 4. The van der Waals surface area contributed by atoms with Crippen LogP contribution in [0.2, 0.25) is 0 Å². The Morgan fingerprint density at radius 2 is 1.59 bits per heavy atom. The molecular weight excluding hydrogens is 462 g/mol. The van der Waals surface area contributed by atoms with Crippen molar-refractivity contribution in [2.45, 2.75) is 58.1 Å². The van der Waals surface area contributed by atoms with Crippen molar-refractivity contribution >= 4 is 29.6 Å². The highest BCUT2D eigenvalue weighted by Crippen LogP contribution is 2.37. The van der Waals surface area contributed by atoms with Crippen molar-refractivity contribution in [2.75, 3.05) is 6.61 Å². The van der Waals surface area contributed by atoms with E-state index in [1.54, 1.807) is 0 Å². The third kappa shape index (κ3) is 6.62. The average Bonchev–Trinajstić information content (AvgIpc) is 2.71. The summed E-state index contributed by atoms with van der Waals surface area (Å²) in [6, 6.07) is 4.71. The van der Waals surface area contributed by atoms with Crippen LogP contribution >= 0.6 is 0 Å². The van der Waals surface area contributed by atoms with Gasteiger partial charge in [0.25, 0.3) is 11.5 Å². The first kappa shape index (κ1) is 26.5. The quantitative estimate of drug-likeness (QED) is 0.175. The van der Waals surface area contributed by atoms with E-state index in [-0.39, 0.29) is 11.4 Å². The number of nitro benzene ring substituents is 1. The number of aliphatic hydroxyl groups is 1. The second-order valence-electron chi connectivity index (χ2n) is 7.11. The molecule has 0 aliphatic carbocycles. The minimum Gasteiger partial charge on any atom is -0.463 e. The maximum Gasteiger partial charge on any atom is 0.305 e. The number of carbonyl (C=O) groups excluding carboxylic acids is 4. The second kappa shape index (κ2) is 10.9. The van der Waals surface area contributed by atoms with Crippen LogP contribution in [0.5, 0.6) is 5.75 Å². The monoisotopic (exact) mass is 485 g/mol. The molecule has 1 aromatic carbocycles. The van der Waals surface area contributed by atoms with Crippen molar-refractivity contribution in [1.29, 1.82) is 0 Å². The molecule has 5 atom stereocenters. The molecular formula is C20H23NO13. The topological polar surface area (TPSA) is 187 Å². The molecule has 1 heterocycles. The van der Waals surface area contributed by atoms with Gasteiger partial charge in [0, 0.05) is 39.8 Å². The first-order valence-corrected chi connectivity index (χ1v) is 9.79. The van der Waals surface area contributed by atoms with Gasteiger partial charge >= 0.3 is 23.9 Å². The number of esters is 4. The van der Waals surface area contributed by atoms with E-state index in [1.807, 2.05) is 0 Å². The summed E-state index contributed by atoms with van der Waals surface area (Å²) < 4.78 is 31.5. The molecule has 34 heavy (non-hydrogen) atoms. The predicted octanol–water partition coefficient (Wildman–Crippen LogP) is 0.377. The maximum absolute atomic E-state index is 11.8. The van der Waals surface area contributed by atoms with Gasteiger partial charge in [0.05, 0.1) is 4.92 Å². The molecule has 0 spiro atoms. The number of ether oxygens (including phenoxy) is 6. The number of rotatable bonds is 8. The lowest BCUT2D eigenvalue weighted by Crippen LogP contribution is -2.71. The van der Waals surface area contributed by atoms with Crippen molar-refractivity contribution in [3.63, 3.8) is 0 Å². The molecule has 0 radical (unpaired) electrons. The van der Waals surface area contributed by atoms with Gasteiger partial charge in [0.2, 0.25) is 18.5 Å². The summed E-state index contributed by atoms with van der Waals surface area (Å²) >= 11 is 0. The van der Waals surface area contributed by atoms with Crippen molar-refractivity contribution in [2.24, 2.45) is 0 Å². The number of hydrogen-bond donors (Lipinski definition) is 1. The van der Waals surface area contributed by atoms with E-state index in [2.05, 4.69) is 0 Å². The van der Waals surface area contributed by atoms with E-state index in [1.165, 1.54) is 12.1 Å². The molecule has 1 aliphatic heterocycles. The highest BCUT2D eigenvalue weighted by atomic mass is 16.8. The van der Waals surface area contributed by atoms with Gasteiger partial charge in [-0.3, -0.25) is 29.3 Å². The predicted molar refractivity (Wildman–Crippen MR) is 107 cm³/mol. The molecule has 186 valence electrons. The molecule has 14 heteroatoms. The first-order chi connectivity index (χ1) is 15.8. The molecule has 0 bridgehead atoms. The molecule has 0 amide bonds. The standard InChI is InChI=1S/C20H23NO13/c1-10(22)29-9-16-20(26,34-13(4)25)18(31-12(3)24)17(30-11(2)23)19(33-16)32-15-7-5-14(6-8-15)21(27)28/h5-8,16-19,26H,9H2,1-4H3/t16-,17+,18+,19-,20+/m1/s1. The van der Waals surface area contributed by atoms with Gasteiger partial charge in [0.1, 0.15) is 12.4 Å². The zero-order chi connectivity index (χ0) is 25.6. The molecule has 1 saturated heterocycles. The van der Waals surface area contributed by atoms with E-state index >= 15 is 0 Å². The number of nitrogens with zero attached hydrogens (tertiary/aromatic N) is 1. The largest absolute Gasteiger partial charge is 0.463 e. The zero-order valence-electron chi connectivity index (χ0n) is 18.6. The Hall–Kier alpha value is -3.78. The average molecular weight is 485 g/mol. The SMILES string of the molecule is CC(=O)OC[C@H]1O[C@@H](Oc2ccc([N+](=O)[O-])cc2)[C@@H](OC(C)=O)[C@H](OC(C)=O)[C@@]1(O)OC(C)=O. The molecule has 2 rings (SSSR count). The van der Waals surface area contributed by atoms with E-state index < -0.39 is 65.8 Å². The van der Waals surface area contributed by atoms with E-state index in [9.17, 15) is 34.4 Å². The second-order valence-corrected chi connectivity index (χ2v) is 7.11. The van der Waals surface area contributed by atoms with Crippen molar-refractivity contribution in [3.8, 4) is 5.75 Å². The van der Waals surface area contributed by atoms with Crippen LogP contribution in [0.25, 0.3) is 0 Å². The van der Waals surface area contributed by atoms with Gasteiger partial charge in [0.15, 0.2) is 6.10 Å². The van der Waals surface area contributed by atoms with Crippen LogP contribution < -0.4 is 4.74 Å². The van der Waals surface area contributed by atoms with Crippen molar-refractivity contribution in [1.82, 2.24) is 0 Å². The molecule has 1 aromatic rings. The fourth-order valence-electron chi connectivity index (χ4n) is 3.12. The number of benzene rings is 1. The Labute approximate surface area is 192 Å². The Morgan fingerprint density at radius 1 is 1.00 bits per heavy atom. The molecule has 14 nitrogen and oxygen atoms in total. The molecule has 0 saturated carbocycles. The molecule has 1 N–H and O–H groups in total. The lowest BCUT2D eigenvalue weighted by molar-refractivity contribution is -0.385. The first-order valence-electron chi connectivity index (χ1n) is 9.79. The minimum atomic E-state index is -2.76. The van der Waals surface area contributed by atoms with Crippen LogP contribution in [0.3, 0.4) is 0 Å². The zero-order valence-corrected chi connectivity index (χ0v) is 18.6. The van der Waals surface area contributed by atoms with Crippen molar-refractivity contribution < 1.29 is 57.6 Å². The third-order valence-corrected chi connectivity index (χ3v) is 4.37. The molecule has 0 aromatic heterocycles. The van der Waals surface area contributed by atoms with E-state index in [4.69, 9.17) is 28.4 Å². The Balaban J connectivity index is 2.52. The smallest absolute Gasteiger partial charge is 0.305 e. The summed E-state index contributed by atoms with van der Waals surface area (Å²) in [5, 5.41) is 22.1. The summed E-state index contributed by atoms with van der Waals surface area (Å²) in [4.78, 5) is 56.9. The van der Waals surface area contributed by atoms with Crippen LogP contribution in [0.1, 0.15) is 27.7 Å². The highest BCUT2D eigenvalue weighted by molar-refractivity contribution is 5.69. The fraction of sp³-hybridized carbons (Fsp3) is 0.500. The molecule has 0 unspecified atom stereocenters. The number of nitro groups is 1. The van der Waals surface area contributed by atoms with Gasteiger partial charge in [-0.2, -0.15) is 0 Å². The highest BCUT2D eigenvalue weighted by Gasteiger charge is 2.63. The molecule has 1 fully saturated rings. The summed E-state index contributed by atoms with van der Waals surface area (Å²) in [7, 11) is 0. The number of hydrogen-bond acceptors (Lipinski definition) is 13. The van der Waals surface area contributed by atoms with Crippen LogP contribution in [0, 0.1) is 10.1 Å². The Kier molecular flexibility index (Phi) is 8.48. The summed E-state index contributed by atoms with van der Waals surface area (Å²) in [5.74, 6) is -6.39. The van der Waals surface area contributed by atoms with E-state index in [0.717, 1.165) is 39.8 Å². The number of non-ortho nitro benzene ring substituents is 1. The minimum absolute atomic E-state index is 0.0125. The van der Waals surface area contributed by atoms with Gasteiger partial charge < -0.3 is 33.5 Å². The van der Waals surface area contributed by atoms with Crippen molar-refractivity contribution in [3.05, 3.63) is 34.4 Å².